The van der Waals surface area contributed by atoms with Crippen LogP contribution >= 0.6 is 0 Å². The van der Waals surface area contributed by atoms with Gasteiger partial charge in [0.05, 0.1) is 16.8 Å². The van der Waals surface area contributed by atoms with Crippen LogP contribution in [0.2, 0.25) is 0 Å². The van der Waals surface area contributed by atoms with Crippen molar-refractivity contribution in [3.8, 4) is 0 Å². The highest BCUT2D eigenvalue weighted by Gasteiger charge is 2.24. The molecule has 0 spiro atoms. The molecule has 0 radical (unpaired) electrons. The van der Waals surface area contributed by atoms with Gasteiger partial charge in [-0.3, -0.25) is 9.78 Å². The van der Waals surface area contributed by atoms with Gasteiger partial charge in [0.2, 0.25) is 0 Å². The number of nitrogens with zero attached hydrogens (tertiary/aromatic N) is 2. The molecule has 1 heterocycles. The number of carbonyl (C=O) groups is 2. The Morgan fingerprint density at radius 1 is 1.00 bits per heavy atom. The maximum atomic E-state index is 12.9. The maximum Gasteiger partial charge on any atom is 0.333 e. The van der Waals surface area contributed by atoms with Crippen LogP contribution in [0.3, 0.4) is 0 Å². The number of hydrogen-bond acceptors (Lipinski definition) is 6. The number of urea groups is 1. The monoisotopic (exact) mass is 535 g/mol. The molecule has 38 heavy (non-hydrogen) atoms. The zero-order chi connectivity index (χ0) is 27.1. The highest BCUT2D eigenvalue weighted by atomic mass is 32.2. The first-order valence-electron chi connectivity index (χ1n) is 12.8. The molecule has 0 saturated heterocycles. The number of hydrogen-bond donors (Lipinski definition) is 3. The number of amides is 3. The molecule has 1 aromatic carbocycles. The Morgan fingerprint density at radius 3 is 2.53 bits per heavy atom. The average Bonchev–Trinajstić information content (AvgIpc) is 3.36. The molecule has 0 atom stereocenters. The molecule has 4 rings (SSSR count). The van der Waals surface area contributed by atoms with Crippen molar-refractivity contribution in [1.29, 1.82) is 0 Å². The Hall–Kier alpha value is -3.79. The molecule has 2 aliphatic carbocycles. The minimum Gasteiger partial charge on any atom is -0.350 e. The normalized spacial score (nSPS) is 17.4. The van der Waals surface area contributed by atoms with E-state index < -0.39 is 16.1 Å². The van der Waals surface area contributed by atoms with Crippen molar-refractivity contribution in [3.63, 3.8) is 0 Å². The first-order valence-corrected chi connectivity index (χ1v) is 14.3. The number of benzene rings is 1. The summed E-state index contributed by atoms with van der Waals surface area (Å²) in [5, 5.41) is 5.56. The van der Waals surface area contributed by atoms with Crippen molar-refractivity contribution < 1.29 is 18.0 Å². The zero-order valence-electron chi connectivity index (χ0n) is 21.5. The predicted molar refractivity (Wildman–Crippen MR) is 145 cm³/mol. The van der Waals surface area contributed by atoms with Crippen molar-refractivity contribution in [2.75, 3.05) is 6.54 Å². The maximum absolute atomic E-state index is 12.9. The molecule has 2 aliphatic rings. The Bertz CT molecular complexity index is 1380. The summed E-state index contributed by atoms with van der Waals surface area (Å²) in [4.78, 5) is 33.0. The summed E-state index contributed by atoms with van der Waals surface area (Å²) in [6.07, 6.45) is 12.3. The van der Waals surface area contributed by atoms with Crippen LogP contribution in [0.1, 0.15) is 66.7 Å². The molecule has 0 unspecified atom stereocenters. The van der Waals surface area contributed by atoms with Gasteiger partial charge in [0, 0.05) is 18.4 Å². The summed E-state index contributed by atoms with van der Waals surface area (Å²) in [7, 11) is -4.08. The predicted octanol–water partition coefficient (Wildman–Crippen LogP) is 4.24. The lowest BCUT2D eigenvalue weighted by Gasteiger charge is -2.17. The Morgan fingerprint density at radius 2 is 1.79 bits per heavy atom. The second kappa shape index (κ2) is 12.2. The van der Waals surface area contributed by atoms with E-state index in [0.717, 1.165) is 67.3 Å². The van der Waals surface area contributed by atoms with Gasteiger partial charge >= 0.3 is 6.03 Å². The van der Waals surface area contributed by atoms with Gasteiger partial charge in [0.25, 0.3) is 15.9 Å². The van der Waals surface area contributed by atoms with Crippen molar-refractivity contribution in [2.45, 2.75) is 63.2 Å². The van der Waals surface area contributed by atoms with Crippen LogP contribution in [0.5, 0.6) is 0 Å². The van der Waals surface area contributed by atoms with Gasteiger partial charge in [-0.15, -0.1) is 0 Å². The molecule has 10 heteroatoms. The lowest BCUT2D eigenvalue weighted by molar-refractivity contribution is 0.0948. The number of nitrogens with one attached hydrogen (secondary N) is 3. The van der Waals surface area contributed by atoms with Crippen molar-refractivity contribution in [2.24, 2.45) is 0 Å². The Kier molecular flexibility index (Phi) is 8.73. The smallest absolute Gasteiger partial charge is 0.333 e. The largest absolute Gasteiger partial charge is 0.350 e. The van der Waals surface area contributed by atoms with E-state index >= 15 is 0 Å². The fraction of sp³-hybridized carbons (Fsp3) is 0.357. The quantitative estimate of drug-likeness (QED) is 0.486. The summed E-state index contributed by atoms with van der Waals surface area (Å²) in [6, 6.07) is 5.40. The first-order chi connectivity index (χ1) is 18.2. The van der Waals surface area contributed by atoms with E-state index in [9.17, 15) is 18.0 Å². The number of sulfonamides is 1. The topological polar surface area (TPSA) is 130 Å². The van der Waals surface area contributed by atoms with E-state index in [1.807, 2.05) is 0 Å². The highest BCUT2D eigenvalue weighted by molar-refractivity contribution is 7.90. The van der Waals surface area contributed by atoms with Crippen molar-refractivity contribution in [1.82, 2.24) is 25.3 Å². The fourth-order valence-electron chi connectivity index (χ4n) is 4.62. The summed E-state index contributed by atoms with van der Waals surface area (Å²) >= 11 is 0. The van der Waals surface area contributed by atoms with Crippen molar-refractivity contribution >= 4 is 22.0 Å². The van der Waals surface area contributed by atoms with Crippen molar-refractivity contribution in [3.05, 3.63) is 88.7 Å². The number of aryl methyl sites for hydroxylation is 1. The second-order valence-corrected chi connectivity index (χ2v) is 11.2. The third-order valence-corrected chi connectivity index (χ3v) is 8.00. The molecule has 2 aromatic rings. The van der Waals surface area contributed by atoms with Gasteiger partial charge in [0.1, 0.15) is 5.69 Å². The van der Waals surface area contributed by atoms with Gasteiger partial charge in [-0.25, -0.2) is 22.9 Å². The number of fused-ring (bicyclic) bond motifs is 1. The second-order valence-electron chi connectivity index (χ2n) is 9.54. The standard InChI is InChI=1S/C28H33N5O4S/c1-19-7-4-3-5-8-22-9-6-10-24(22)26(19)32-28(35)33-38(36,37)23-13-11-21(12-14-23)15-16-29-27(34)25-18-30-20(2)17-31-25/h8,11-14,17-18H,1,3-7,9-10,15-16H2,2H3,(H,29,34)(H2,32,33,35)/b22-8-,26-24?. The van der Waals surface area contributed by atoms with E-state index in [4.69, 9.17) is 0 Å². The zero-order valence-corrected chi connectivity index (χ0v) is 22.4. The summed E-state index contributed by atoms with van der Waals surface area (Å²) in [5.41, 5.74) is 5.56. The fourth-order valence-corrected chi connectivity index (χ4v) is 5.52. The summed E-state index contributed by atoms with van der Waals surface area (Å²) < 4.78 is 27.9. The van der Waals surface area contributed by atoms with Crippen LogP contribution in [0.4, 0.5) is 4.79 Å². The molecule has 3 N–H and O–H groups in total. The van der Waals surface area contributed by atoms with E-state index in [0.29, 0.717) is 18.7 Å². The number of allylic oxidation sites excluding steroid dienone is 4. The van der Waals surface area contributed by atoms with E-state index in [-0.39, 0.29) is 16.5 Å². The Balaban J connectivity index is 1.35. The van der Waals surface area contributed by atoms with Crippen LogP contribution in [0.15, 0.2) is 76.6 Å². The number of aromatic nitrogens is 2. The van der Waals surface area contributed by atoms with Crippen LogP contribution in [0, 0.1) is 6.92 Å². The van der Waals surface area contributed by atoms with E-state index in [1.54, 1.807) is 19.1 Å². The van der Waals surface area contributed by atoms with Gasteiger partial charge in [-0.2, -0.15) is 0 Å². The molecule has 9 nitrogen and oxygen atoms in total. The number of carbonyl (C=O) groups excluding carboxylic acids is 2. The lowest BCUT2D eigenvalue weighted by atomic mass is 10.0. The van der Waals surface area contributed by atoms with Crippen LogP contribution in [0.25, 0.3) is 0 Å². The highest BCUT2D eigenvalue weighted by Crippen LogP contribution is 2.36. The van der Waals surface area contributed by atoms with Crippen LogP contribution in [-0.4, -0.2) is 36.9 Å². The molecule has 3 amide bonds. The third kappa shape index (κ3) is 6.95. The summed E-state index contributed by atoms with van der Waals surface area (Å²) in [6.45, 7) is 6.30. The molecular formula is C28H33N5O4S. The molecule has 1 fully saturated rings. The SMILES string of the molecule is C=C1CCCC/C=C2/CCCC2=C1NC(=O)NS(=O)(=O)c1ccc(CCNC(=O)c2cnc(C)cn2)cc1. The minimum absolute atomic E-state index is 0.0252. The lowest BCUT2D eigenvalue weighted by Crippen LogP contribution is -2.39. The van der Waals surface area contributed by atoms with E-state index in [1.165, 1.54) is 30.1 Å². The average molecular weight is 536 g/mol. The minimum atomic E-state index is -4.08. The van der Waals surface area contributed by atoms with Gasteiger partial charge in [-0.1, -0.05) is 24.8 Å². The van der Waals surface area contributed by atoms with Gasteiger partial charge < -0.3 is 10.6 Å². The molecule has 0 aliphatic heterocycles. The molecule has 200 valence electrons. The first kappa shape index (κ1) is 27.3. The molecule has 1 aromatic heterocycles. The van der Waals surface area contributed by atoms with Crippen LogP contribution in [-0.2, 0) is 16.4 Å². The molecular weight excluding hydrogens is 502 g/mol. The van der Waals surface area contributed by atoms with E-state index in [2.05, 4.69) is 38.0 Å². The molecule has 1 saturated carbocycles. The Labute approximate surface area is 223 Å². The third-order valence-electron chi connectivity index (χ3n) is 6.65. The van der Waals surface area contributed by atoms with Crippen LogP contribution < -0.4 is 15.4 Å². The van der Waals surface area contributed by atoms with Gasteiger partial charge in [0.15, 0.2) is 0 Å². The number of rotatable bonds is 7. The summed E-state index contributed by atoms with van der Waals surface area (Å²) in [5.74, 6) is -0.328. The van der Waals surface area contributed by atoms with Gasteiger partial charge in [-0.05, 0) is 92.7 Å². The molecule has 0 bridgehead atoms.